The molecule has 0 aliphatic rings. The molecule has 0 radical (unpaired) electrons. The van der Waals surface area contributed by atoms with E-state index in [0.29, 0.717) is 0 Å². The van der Waals surface area contributed by atoms with Gasteiger partial charge in [0, 0.05) is 11.0 Å². The maximum absolute atomic E-state index is 8.18. The largest absolute Gasteiger partial charge is 0.338 e. The van der Waals surface area contributed by atoms with Crippen LogP contribution in [-0.4, -0.2) is 0 Å². The summed E-state index contributed by atoms with van der Waals surface area (Å²) in [6.45, 7) is 0. The highest BCUT2D eigenvalue weighted by Crippen LogP contribution is 2.36. The molecule has 3 nitrogen and oxygen atoms in total. The Morgan fingerprint density at radius 3 is 1.94 bits per heavy atom. The smallest absolute Gasteiger partial charge is 0.140 e. The van der Waals surface area contributed by atoms with E-state index in [-0.39, 0.29) is 0 Å². The molecule has 0 fully saturated rings. The zero-order valence-electron chi connectivity index (χ0n) is 8.80. The van der Waals surface area contributed by atoms with E-state index in [9.17, 15) is 0 Å². The van der Waals surface area contributed by atoms with Crippen LogP contribution in [0.5, 0.6) is 0 Å². The zero-order chi connectivity index (χ0) is 11.4. The van der Waals surface area contributed by atoms with Gasteiger partial charge in [-0.15, -0.1) is 0 Å². The summed E-state index contributed by atoms with van der Waals surface area (Å²) in [5.74, 6) is 0. The molecule has 2 rings (SSSR count). The molecule has 0 saturated carbocycles. The van der Waals surface area contributed by atoms with Gasteiger partial charge >= 0.3 is 0 Å². The molecule has 0 aromatic heterocycles. The fraction of sp³-hybridized carbons (Fsp3) is 0. The van der Waals surface area contributed by atoms with Crippen LogP contribution in [0.15, 0.2) is 60.7 Å². The van der Waals surface area contributed by atoms with Crippen LogP contribution in [0.2, 0.25) is 0 Å². The Morgan fingerprint density at radius 1 is 0.875 bits per heavy atom. The Labute approximate surface area is 95.3 Å². The lowest BCUT2D eigenvalue weighted by atomic mass is 10.3. The van der Waals surface area contributed by atoms with Crippen LogP contribution in [0.25, 0.3) is 0 Å². The number of hydrogen-bond donors (Lipinski definition) is 3. The predicted octanol–water partition coefficient (Wildman–Crippen LogP) is 2.99. The lowest BCUT2D eigenvalue weighted by Gasteiger charge is -2.19. The SMILES string of the molecule is N=P(N)(Nc1ccccc1)c1ccccc1. The third-order valence-electron chi connectivity index (χ3n) is 2.24. The minimum atomic E-state index is -2.52. The summed E-state index contributed by atoms with van der Waals surface area (Å²) in [4.78, 5) is 0. The quantitative estimate of drug-likeness (QED) is 0.711. The lowest BCUT2D eigenvalue weighted by Crippen LogP contribution is -2.17. The molecule has 0 aliphatic heterocycles. The van der Waals surface area contributed by atoms with Gasteiger partial charge in [0.15, 0.2) is 0 Å². The van der Waals surface area contributed by atoms with Crippen LogP contribution in [0.3, 0.4) is 0 Å². The summed E-state index contributed by atoms with van der Waals surface area (Å²) in [5.41, 5.74) is 6.92. The molecule has 16 heavy (non-hydrogen) atoms. The van der Waals surface area contributed by atoms with Crippen LogP contribution < -0.4 is 15.9 Å². The van der Waals surface area contributed by atoms with Crippen molar-refractivity contribution in [3.63, 3.8) is 0 Å². The summed E-state index contributed by atoms with van der Waals surface area (Å²) in [7, 11) is -2.52. The minimum absolute atomic E-state index is 0.846. The van der Waals surface area contributed by atoms with Gasteiger partial charge in [-0.3, -0.25) is 10.7 Å². The van der Waals surface area contributed by atoms with Crippen LogP contribution in [0.1, 0.15) is 0 Å². The molecule has 2 aromatic carbocycles. The average molecular weight is 231 g/mol. The first-order chi connectivity index (χ1) is 7.68. The van der Waals surface area contributed by atoms with Crippen LogP contribution in [0.4, 0.5) is 5.69 Å². The van der Waals surface area contributed by atoms with E-state index in [1.54, 1.807) is 0 Å². The number of benzene rings is 2. The number of nitrogens with one attached hydrogen (secondary N) is 2. The molecular weight excluding hydrogens is 217 g/mol. The molecule has 0 heterocycles. The van der Waals surface area contributed by atoms with E-state index in [1.165, 1.54) is 0 Å². The summed E-state index contributed by atoms with van der Waals surface area (Å²) in [5, 5.41) is 12.1. The van der Waals surface area contributed by atoms with Gasteiger partial charge in [0.05, 0.1) is 0 Å². The van der Waals surface area contributed by atoms with Gasteiger partial charge in [-0.05, 0) is 12.1 Å². The van der Waals surface area contributed by atoms with Gasteiger partial charge in [0.2, 0.25) is 0 Å². The fourth-order valence-electron chi connectivity index (χ4n) is 1.44. The molecular formula is C12H14N3P. The van der Waals surface area contributed by atoms with Gasteiger partial charge in [-0.25, -0.2) is 0 Å². The topological polar surface area (TPSA) is 61.9 Å². The summed E-state index contributed by atoms with van der Waals surface area (Å²) < 4.78 is 0. The summed E-state index contributed by atoms with van der Waals surface area (Å²) >= 11 is 0. The Morgan fingerprint density at radius 2 is 1.38 bits per heavy atom. The fourth-order valence-corrected chi connectivity index (χ4v) is 2.77. The molecule has 2 aromatic rings. The van der Waals surface area contributed by atoms with Crippen LogP contribution in [0, 0.1) is 5.16 Å². The molecule has 1 atom stereocenters. The van der Waals surface area contributed by atoms with Crippen molar-refractivity contribution in [2.45, 2.75) is 0 Å². The standard InChI is InChI=1S/C12H14N3P/c13-16(14,12-9-5-2-6-10-12)15-11-7-3-1-4-8-11/h1-10H,(H4,13,14,15). The Bertz CT molecular complexity index is 496. The van der Waals surface area contributed by atoms with Gasteiger partial charge in [0.1, 0.15) is 7.36 Å². The van der Waals surface area contributed by atoms with Crippen molar-refractivity contribution in [1.29, 1.82) is 5.16 Å². The third kappa shape index (κ3) is 2.51. The molecule has 82 valence electrons. The summed E-state index contributed by atoms with van der Waals surface area (Å²) in [6.07, 6.45) is 0. The molecule has 0 aliphatic carbocycles. The maximum Gasteiger partial charge on any atom is 0.140 e. The number of hydrogen-bond acceptors (Lipinski definition) is 1. The summed E-state index contributed by atoms with van der Waals surface area (Å²) in [6, 6.07) is 19.1. The van der Waals surface area contributed by atoms with Crippen molar-refractivity contribution >= 4 is 18.3 Å². The minimum Gasteiger partial charge on any atom is -0.338 e. The van der Waals surface area contributed by atoms with E-state index < -0.39 is 7.36 Å². The Kier molecular flexibility index (Phi) is 3.09. The van der Waals surface area contributed by atoms with Gasteiger partial charge in [0.25, 0.3) is 0 Å². The number of rotatable bonds is 3. The molecule has 4 heteroatoms. The highest BCUT2D eigenvalue weighted by molar-refractivity contribution is 7.71. The average Bonchev–Trinajstić information content (AvgIpc) is 2.31. The second kappa shape index (κ2) is 4.52. The lowest BCUT2D eigenvalue weighted by molar-refractivity contribution is 1.52. The zero-order valence-corrected chi connectivity index (χ0v) is 9.69. The van der Waals surface area contributed by atoms with Crippen LogP contribution in [-0.2, 0) is 0 Å². The normalized spacial score (nSPS) is 14.1. The third-order valence-corrected chi connectivity index (χ3v) is 3.97. The van der Waals surface area contributed by atoms with Crippen molar-refractivity contribution in [2.24, 2.45) is 5.50 Å². The van der Waals surface area contributed by atoms with Gasteiger partial charge in [-0.1, -0.05) is 48.5 Å². The molecule has 0 saturated heterocycles. The monoisotopic (exact) mass is 231 g/mol. The first kappa shape index (κ1) is 10.9. The first-order valence-corrected chi connectivity index (χ1v) is 6.86. The van der Waals surface area contributed by atoms with Crippen molar-refractivity contribution in [3.8, 4) is 0 Å². The molecule has 0 spiro atoms. The van der Waals surface area contributed by atoms with Crippen molar-refractivity contribution in [1.82, 2.24) is 0 Å². The van der Waals surface area contributed by atoms with Crippen molar-refractivity contribution in [2.75, 3.05) is 5.09 Å². The van der Waals surface area contributed by atoms with Crippen LogP contribution >= 0.6 is 7.36 Å². The Balaban J connectivity index is 2.25. The predicted molar refractivity (Wildman–Crippen MR) is 70.0 cm³/mol. The number of anilines is 1. The molecule has 4 N–H and O–H groups in total. The van der Waals surface area contributed by atoms with Crippen molar-refractivity contribution < 1.29 is 0 Å². The van der Waals surface area contributed by atoms with E-state index in [4.69, 9.17) is 10.7 Å². The number of para-hydroxylation sites is 1. The maximum atomic E-state index is 8.18. The Hall–Kier alpha value is -1.57. The second-order valence-corrected chi connectivity index (χ2v) is 5.72. The highest BCUT2D eigenvalue weighted by atomic mass is 31.2. The molecule has 1 unspecified atom stereocenters. The van der Waals surface area contributed by atoms with Gasteiger partial charge < -0.3 is 5.09 Å². The first-order valence-electron chi connectivity index (χ1n) is 5.00. The second-order valence-electron chi connectivity index (χ2n) is 3.54. The highest BCUT2D eigenvalue weighted by Gasteiger charge is 2.12. The van der Waals surface area contributed by atoms with Gasteiger partial charge in [-0.2, -0.15) is 0 Å². The van der Waals surface area contributed by atoms with E-state index >= 15 is 0 Å². The molecule has 0 amide bonds. The molecule has 0 bridgehead atoms. The van der Waals surface area contributed by atoms with E-state index in [2.05, 4.69) is 5.09 Å². The van der Waals surface area contributed by atoms with E-state index in [1.807, 2.05) is 60.7 Å². The number of nitrogens with two attached hydrogens (primary N) is 1. The van der Waals surface area contributed by atoms with Crippen molar-refractivity contribution in [3.05, 3.63) is 60.7 Å². The van der Waals surface area contributed by atoms with E-state index in [0.717, 1.165) is 11.0 Å².